The Labute approximate surface area is 110 Å². The van der Waals surface area contributed by atoms with E-state index in [1.807, 2.05) is 0 Å². The Balaban J connectivity index is 2.32. The lowest BCUT2D eigenvalue weighted by Gasteiger charge is -2.17. The molecule has 1 aromatic rings. The third-order valence-corrected chi connectivity index (χ3v) is 3.04. The van der Waals surface area contributed by atoms with E-state index in [1.54, 1.807) is 7.11 Å². The molecule has 1 aromatic carbocycles. The van der Waals surface area contributed by atoms with Gasteiger partial charge in [0.05, 0.1) is 19.8 Å². The lowest BCUT2D eigenvalue weighted by molar-refractivity contribution is -0.0695. The van der Waals surface area contributed by atoms with Crippen molar-refractivity contribution in [1.82, 2.24) is 0 Å². The van der Waals surface area contributed by atoms with Crippen molar-refractivity contribution >= 4 is 0 Å². The van der Waals surface area contributed by atoms with E-state index in [0.717, 1.165) is 6.42 Å². The topological polar surface area (TPSA) is 27.7 Å². The van der Waals surface area contributed by atoms with Crippen LogP contribution in [0.5, 0.6) is 0 Å². The van der Waals surface area contributed by atoms with Gasteiger partial charge in [0.2, 0.25) is 0 Å². The molecule has 0 aliphatic heterocycles. The van der Waals surface area contributed by atoms with Gasteiger partial charge >= 0.3 is 0 Å². The maximum atomic E-state index is 5.56. The third-order valence-electron chi connectivity index (χ3n) is 3.04. The molecule has 0 aliphatic carbocycles. The van der Waals surface area contributed by atoms with Gasteiger partial charge in [-0.2, -0.15) is 0 Å². The molecule has 0 spiro atoms. The second-order valence-corrected chi connectivity index (χ2v) is 4.35. The van der Waals surface area contributed by atoms with E-state index >= 15 is 0 Å². The van der Waals surface area contributed by atoms with E-state index < -0.39 is 0 Å². The molecule has 3 nitrogen and oxygen atoms in total. The molecule has 3 heteroatoms. The summed E-state index contributed by atoms with van der Waals surface area (Å²) in [5.74, 6) is 0.442. The van der Waals surface area contributed by atoms with Crippen LogP contribution < -0.4 is 0 Å². The normalized spacial score (nSPS) is 12.6. The first-order valence-electron chi connectivity index (χ1n) is 6.49. The number of methoxy groups -OCH3 is 1. The molecule has 0 fully saturated rings. The molecule has 0 saturated carbocycles. The third kappa shape index (κ3) is 5.17. The summed E-state index contributed by atoms with van der Waals surface area (Å²) in [6.07, 6.45) is 1.07. The molecule has 0 bridgehead atoms. The Morgan fingerprint density at radius 3 is 2.56 bits per heavy atom. The molecule has 1 rings (SSSR count). The van der Waals surface area contributed by atoms with Crippen LogP contribution in [0.25, 0.3) is 0 Å². The Morgan fingerprint density at radius 2 is 1.89 bits per heavy atom. The van der Waals surface area contributed by atoms with Gasteiger partial charge in [0.15, 0.2) is 0 Å². The monoisotopic (exact) mass is 252 g/mol. The highest BCUT2D eigenvalue weighted by atomic mass is 16.7. The van der Waals surface area contributed by atoms with Crippen molar-refractivity contribution in [3.05, 3.63) is 35.4 Å². The van der Waals surface area contributed by atoms with E-state index in [9.17, 15) is 0 Å². The lowest BCUT2D eigenvalue weighted by Crippen LogP contribution is -2.12. The summed E-state index contributed by atoms with van der Waals surface area (Å²) >= 11 is 0. The SMILES string of the molecule is CCC(COCOCCOC)c1ccccc1C. The van der Waals surface area contributed by atoms with Gasteiger partial charge in [0.1, 0.15) is 6.79 Å². The van der Waals surface area contributed by atoms with Crippen molar-refractivity contribution in [3.8, 4) is 0 Å². The Bertz CT molecular complexity index is 325. The zero-order valence-electron chi connectivity index (χ0n) is 11.6. The van der Waals surface area contributed by atoms with E-state index in [0.29, 0.717) is 32.5 Å². The molecular formula is C15H24O3. The molecule has 0 aromatic heterocycles. The van der Waals surface area contributed by atoms with Gasteiger partial charge in [-0.15, -0.1) is 0 Å². The van der Waals surface area contributed by atoms with Crippen LogP contribution in [0, 0.1) is 6.92 Å². The molecular weight excluding hydrogens is 228 g/mol. The highest BCUT2D eigenvalue weighted by molar-refractivity contribution is 5.29. The molecule has 1 unspecified atom stereocenters. The maximum absolute atomic E-state index is 5.56. The molecule has 102 valence electrons. The number of aryl methyl sites for hydroxylation is 1. The Hall–Kier alpha value is -0.900. The number of benzene rings is 1. The van der Waals surface area contributed by atoms with Gasteiger partial charge in [0, 0.05) is 13.0 Å². The summed E-state index contributed by atoms with van der Waals surface area (Å²) in [6, 6.07) is 8.48. The van der Waals surface area contributed by atoms with E-state index in [-0.39, 0.29) is 0 Å². The summed E-state index contributed by atoms with van der Waals surface area (Å²) < 4.78 is 15.7. The van der Waals surface area contributed by atoms with Crippen molar-refractivity contribution in [2.24, 2.45) is 0 Å². The maximum Gasteiger partial charge on any atom is 0.146 e. The zero-order chi connectivity index (χ0) is 13.2. The molecule has 0 radical (unpaired) electrons. The van der Waals surface area contributed by atoms with Crippen molar-refractivity contribution in [3.63, 3.8) is 0 Å². The van der Waals surface area contributed by atoms with E-state index in [2.05, 4.69) is 38.1 Å². The standard InChI is InChI=1S/C15H24O3/c1-4-14(11-18-12-17-10-9-16-3)15-8-6-5-7-13(15)2/h5-8,14H,4,9-12H2,1-3H3. The molecule has 0 heterocycles. The fourth-order valence-electron chi connectivity index (χ4n) is 1.92. The van der Waals surface area contributed by atoms with Gasteiger partial charge in [-0.3, -0.25) is 0 Å². The van der Waals surface area contributed by atoms with E-state index in [4.69, 9.17) is 14.2 Å². The predicted molar refractivity (Wildman–Crippen MR) is 72.9 cm³/mol. The van der Waals surface area contributed by atoms with Crippen molar-refractivity contribution in [2.75, 3.05) is 33.7 Å². The van der Waals surface area contributed by atoms with E-state index in [1.165, 1.54) is 11.1 Å². The molecule has 1 atom stereocenters. The minimum absolute atomic E-state index is 0.339. The largest absolute Gasteiger partial charge is 0.382 e. The van der Waals surface area contributed by atoms with Crippen LogP contribution in [-0.4, -0.2) is 33.7 Å². The van der Waals surface area contributed by atoms with Gasteiger partial charge in [-0.1, -0.05) is 31.2 Å². The molecule has 0 N–H and O–H groups in total. The second-order valence-electron chi connectivity index (χ2n) is 4.35. The average molecular weight is 252 g/mol. The Morgan fingerprint density at radius 1 is 1.11 bits per heavy atom. The van der Waals surface area contributed by atoms with Crippen LogP contribution in [0.1, 0.15) is 30.4 Å². The highest BCUT2D eigenvalue weighted by Gasteiger charge is 2.11. The molecule has 0 aliphatic rings. The molecule has 0 saturated heterocycles. The van der Waals surface area contributed by atoms with Crippen LogP contribution in [0.4, 0.5) is 0 Å². The summed E-state index contributed by atoms with van der Waals surface area (Å²) in [6.45, 7) is 6.56. The Kier molecular flexibility index (Phi) is 7.65. The van der Waals surface area contributed by atoms with Crippen LogP contribution in [0.3, 0.4) is 0 Å². The first kappa shape index (κ1) is 15.2. The minimum Gasteiger partial charge on any atom is -0.382 e. The average Bonchev–Trinajstić information content (AvgIpc) is 2.39. The van der Waals surface area contributed by atoms with Gasteiger partial charge in [-0.05, 0) is 24.5 Å². The van der Waals surface area contributed by atoms with Crippen LogP contribution in [-0.2, 0) is 14.2 Å². The van der Waals surface area contributed by atoms with Gasteiger partial charge < -0.3 is 14.2 Å². The zero-order valence-corrected chi connectivity index (χ0v) is 11.6. The summed E-state index contributed by atoms with van der Waals surface area (Å²) in [7, 11) is 1.66. The van der Waals surface area contributed by atoms with Crippen LogP contribution >= 0.6 is 0 Å². The fraction of sp³-hybridized carbons (Fsp3) is 0.600. The number of hydrogen-bond acceptors (Lipinski definition) is 3. The summed E-state index contributed by atoms with van der Waals surface area (Å²) in [5, 5.41) is 0. The number of rotatable bonds is 9. The second kappa shape index (κ2) is 9.09. The predicted octanol–water partition coefficient (Wildman–Crippen LogP) is 3.13. The molecule has 18 heavy (non-hydrogen) atoms. The summed E-state index contributed by atoms with van der Waals surface area (Å²) in [4.78, 5) is 0. The quantitative estimate of drug-likeness (QED) is 0.499. The van der Waals surface area contributed by atoms with Gasteiger partial charge in [-0.25, -0.2) is 0 Å². The first-order valence-corrected chi connectivity index (χ1v) is 6.49. The minimum atomic E-state index is 0.339. The number of ether oxygens (including phenoxy) is 3. The van der Waals surface area contributed by atoms with Gasteiger partial charge in [0.25, 0.3) is 0 Å². The van der Waals surface area contributed by atoms with Crippen molar-refractivity contribution in [2.45, 2.75) is 26.2 Å². The van der Waals surface area contributed by atoms with Crippen molar-refractivity contribution in [1.29, 1.82) is 0 Å². The summed E-state index contributed by atoms with van der Waals surface area (Å²) in [5.41, 5.74) is 2.70. The highest BCUT2D eigenvalue weighted by Crippen LogP contribution is 2.22. The first-order chi connectivity index (χ1) is 8.79. The van der Waals surface area contributed by atoms with Crippen molar-refractivity contribution < 1.29 is 14.2 Å². The van der Waals surface area contributed by atoms with Crippen LogP contribution in [0.2, 0.25) is 0 Å². The lowest BCUT2D eigenvalue weighted by atomic mass is 9.93. The van der Waals surface area contributed by atoms with Crippen LogP contribution in [0.15, 0.2) is 24.3 Å². The smallest absolute Gasteiger partial charge is 0.146 e. The fourth-order valence-corrected chi connectivity index (χ4v) is 1.92. The number of hydrogen-bond donors (Lipinski definition) is 0. The molecule has 0 amide bonds.